The van der Waals surface area contributed by atoms with E-state index in [1.54, 1.807) is 13.8 Å². The van der Waals surface area contributed by atoms with Crippen LogP contribution in [0.4, 0.5) is 0 Å². The molecular weight excluding hydrogens is 1040 g/mol. The molecule has 8 aliphatic carbocycles. The van der Waals surface area contributed by atoms with E-state index in [-0.39, 0.29) is 101 Å². The summed E-state index contributed by atoms with van der Waals surface area (Å²) in [6.07, 6.45) is 1.50. The Bertz CT molecular complexity index is 2160. The van der Waals surface area contributed by atoms with Gasteiger partial charge in [0.05, 0.1) is 23.4 Å². The molecule has 8 bridgehead atoms. The standard InChI is InChI=1S/2C27H43NO8.7H2O/c2*1-14-4-7-18-22(3,31)26(34)17(12-28(18)11-14)24(33)13-25-16(23(24,32)10-20(26)30)6-5-15-21(25,2)9-8-19(29)27(15,35)36-25;;;;;;;/h2*14-20,29-35H,4-13H2,1-3H3;7*1H2/t2*14-,15-,16-,17-,18-,19+,20-,21-,22+,23+,24+,25+,26-,27-;;;;;;;/m00......./s1. The van der Waals surface area contributed by atoms with Gasteiger partial charge in [-0.25, -0.2) is 0 Å². The van der Waals surface area contributed by atoms with Crippen molar-refractivity contribution in [3.63, 3.8) is 0 Å². The van der Waals surface area contributed by atoms with Crippen LogP contribution >= 0.6 is 0 Å². The van der Waals surface area contributed by atoms with Crippen LogP contribution in [0.5, 0.6) is 0 Å². The number of hydrogen-bond acceptors (Lipinski definition) is 18. The fraction of sp³-hybridized carbons (Fsp3) is 1.00. The first-order chi connectivity index (χ1) is 33.2. The zero-order valence-corrected chi connectivity index (χ0v) is 46.7. The van der Waals surface area contributed by atoms with Crippen molar-refractivity contribution in [2.24, 2.45) is 58.2 Å². The first kappa shape index (κ1) is 67.1. The van der Waals surface area contributed by atoms with Crippen LogP contribution in [0, 0.1) is 58.2 Å². The number of aliphatic hydroxyl groups excluding tert-OH is 4. The van der Waals surface area contributed by atoms with Gasteiger partial charge in [-0.2, -0.15) is 0 Å². The Morgan fingerprint density at radius 2 is 0.684 bits per heavy atom. The highest BCUT2D eigenvalue weighted by Crippen LogP contribution is 2.80. The molecule has 14 fully saturated rings. The monoisotopic (exact) mass is 1140 g/mol. The van der Waals surface area contributed by atoms with E-state index in [1.165, 1.54) is 0 Å². The molecule has 464 valence electrons. The summed E-state index contributed by atoms with van der Waals surface area (Å²) in [5, 5.41) is 166. The van der Waals surface area contributed by atoms with Crippen LogP contribution in [-0.4, -0.2) is 250 Å². The molecule has 0 aromatic carbocycles. The molecule has 14 aliphatic rings. The number of hydrogen-bond donors (Lipinski definition) is 14. The molecule has 0 unspecified atom stereocenters. The average molecular weight is 1150 g/mol. The molecule has 28 N–H and O–H groups in total. The first-order valence-corrected chi connectivity index (χ1v) is 28.1. The van der Waals surface area contributed by atoms with E-state index in [4.69, 9.17) is 9.47 Å². The maximum absolute atomic E-state index is 12.7. The normalized spacial score (nSPS) is 62.0. The average Bonchev–Trinajstić information content (AvgIpc) is 3.59. The minimum absolute atomic E-state index is 0. The van der Waals surface area contributed by atoms with Gasteiger partial charge in [-0.3, -0.25) is 9.80 Å². The number of fused-ring (bicyclic) bond motifs is 10. The second-order valence-electron chi connectivity index (χ2n) is 28.6. The van der Waals surface area contributed by atoms with Gasteiger partial charge in [0.15, 0.2) is 11.6 Å². The molecule has 2 spiro atoms. The molecule has 14 rings (SSSR count). The van der Waals surface area contributed by atoms with Gasteiger partial charge in [0.25, 0.3) is 0 Å². The lowest BCUT2D eigenvalue weighted by Crippen LogP contribution is -2.85. The van der Waals surface area contributed by atoms with Crippen molar-refractivity contribution in [1.29, 1.82) is 0 Å². The minimum Gasteiger partial charge on any atom is -0.412 e. The quantitative estimate of drug-likeness (QED) is 0.107. The van der Waals surface area contributed by atoms with Crippen LogP contribution in [0.1, 0.15) is 144 Å². The van der Waals surface area contributed by atoms with Gasteiger partial charge in [0.2, 0.25) is 0 Å². The van der Waals surface area contributed by atoms with Crippen LogP contribution < -0.4 is 0 Å². The van der Waals surface area contributed by atoms with Crippen molar-refractivity contribution in [2.75, 3.05) is 26.2 Å². The maximum Gasteiger partial charge on any atom is 0.196 e. The minimum atomic E-state index is -2.02. The van der Waals surface area contributed by atoms with Gasteiger partial charge in [-0.15, -0.1) is 0 Å². The third kappa shape index (κ3) is 6.87. The molecule has 6 heterocycles. The Kier molecular flexibility index (Phi) is 16.1. The summed E-state index contributed by atoms with van der Waals surface area (Å²) in [7, 11) is 0. The van der Waals surface area contributed by atoms with Crippen molar-refractivity contribution in [3.05, 3.63) is 0 Å². The lowest BCUT2D eigenvalue weighted by Gasteiger charge is -2.68. The summed E-state index contributed by atoms with van der Waals surface area (Å²) in [6.45, 7) is 13.4. The van der Waals surface area contributed by atoms with E-state index in [9.17, 15) is 71.5 Å². The molecule has 0 aromatic rings. The van der Waals surface area contributed by atoms with Gasteiger partial charge >= 0.3 is 0 Å². The van der Waals surface area contributed by atoms with Gasteiger partial charge in [-0.1, -0.05) is 27.7 Å². The Morgan fingerprint density at radius 1 is 0.367 bits per heavy atom. The Balaban J connectivity index is 0.000000234. The number of piperidine rings is 4. The number of ether oxygens (including phenoxy) is 2. The number of rotatable bonds is 0. The van der Waals surface area contributed by atoms with E-state index in [0.29, 0.717) is 89.1 Å². The summed E-state index contributed by atoms with van der Waals surface area (Å²) in [6, 6.07) is -0.720. The van der Waals surface area contributed by atoms with Crippen LogP contribution in [0.25, 0.3) is 0 Å². The van der Waals surface area contributed by atoms with Gasteiger partial charge in [0, 0.05) is 110 Å². The summed E-state index contributed by atoms with van der Waals surface area (Å²) in [5.41, 5.74) is -18.1. The van der Waals surface area contributed by atoms with Crippen LogP contribution in [0.15, 0.2) is 0 Å². The fourth-order valence-corrected chi connectivity index (χ4v) is 22.6. The summed E-state index contributed by atoms with van der Waals surface area (Å²) >= 11 is 0. The predicted octanol–water partition coefficient (Wildman–Crippen LogP) is -6.82. The maximum atomic E-state index is 12.7. The second-order valence-corrected chi connectivity index (χ2v) is 28.6. The Morgan fingerprint density at radius 3 is 1.01 bits per heavy atom. The smallest absolute Gasteiger partial charge is 0.196 e. The summed E-state index contributed by atoms with van der Waals surface area (Å²) in [5.74, 6) is -6.60. The molecule has 28 atom stereocenters. The van der Waals surface area contributed by atoms with Crippen molar-refractivity contribution in [1.82, 2.24) is 9.80 Å². The van der Waals surface area contributed by atoms with Crippen molar-refractivity contribution >= 4 is 0 Å². The lowest BCUT2D eigenvalue weighted by molar-refractivity contribution is -0.354. The third-order valence-electron chi connectivity index (χ3n) is 26.2. The molecular formula is C54H100N2O23. The number of aliphatic hydroxyl groups is 14. The van der Waals surface area contributed by atoms with E-state index in [0.717, 1.165) is 12.8 Å². The molecule has 8 saturated carbocycles. The molecule has 79 heavy (non-hydrogen) atoms. The lowest BCUT2D eigenvalue weighted by atomic mass is 9.49. The molecule has 0 amide bonds. The molecule has 6 saturated heterocycles. The fourth-order valence-electron chi connectivity index (χ4n) is 22.6. The van der Waals surface area contributed by atoms with E-state index < -0.39 is 127 Å². The van der Waals surface area contributed by atoms with Crippen LogP contribution in [0.3, 0.4) is 0 Å². The first-order valence-electron chi connectivity index (χ1n) is 28.1. The molecule has 0 radical (unpaired) electrons. The summed E-state index contributed by atoms with van der Waals surface area (Å²) in [4.78, 5) is 4.25. The van der Waals surface area contributed by atoms with Crippen molar-refractivity contribution in [2.45, 2.75) is 248 Å². The van der Waals surface area contributed by atoms with E-state index in [2.05, 4.69) is 23.6 Å². The SMILES string of the molecule is C[C@H]1CC[C@@H]2N(C1)C[C@@H]1[C@](O)([C@@H](O)C[C@@]3(O)[C@@H]4CC[C@@H]5[C@]6(O)O[C@@]4(C[C@@]13O)[C@@]5(C)CC[C@H]6O)[C@]2(C)O.C[C@H]1CC[C@@H]2N(C1)C[C@@H]1[C@](O)([C@@H](O)C[C@@]3(O)[C@@H]4CC[C@@H]5[C@]6(O)O[C@@]4(C[C@@]13O)[C@@]5(C)CC[C@H]6O)[C@]2(C)O.O.O.O.O.O.O.O. The van der Waals surface area contributed by atoms with Gasteiger partial charge in [0.1, 0.15) is 57.0 Å². The predicted molar refractivity (Wildman–Crippen MR) is 278 cm³/mol. The second kappa shape index (κ2) is 19.0. The van der Waals surface area contributed by atoms with E-state index >= 15 is 0 Å². The highest BCUT2D eigenvalue weighted by atomic mass is 16.7. The van der Waals surface area contributed by atoms with Crippen LogP contribution in [-0.2, 0) is 9.47 Å². The third-order valence-corrected chi connectivity index (χ3v) is 26.2. The summed E-state index contributed by atoms with van der Waals surface area (Å²) < 4.78 is 13.0. The topological polar surface area (TPSA) is 529 Å². The molecule has 25 nitrogen and oxygen atoms in total. The molecule has 0 aromatic heterocycles. The number of nitrogens with zero attached hydrogens (tertiary/aromatic N) is 2. The molecule has 25 heteroatoms. The van der Waals surface area contributed by atoms with E-state index in [1.807, 2.05) is 13.8 Å². The van der Waals surface area contributed by atoms with Gasteiger partial charge in [-0.05, 0) is 103 Å². The van der Waals surface area contributed by atoms with Gasteiger partial charge < -0.3 is 119 Å². The highest BCUT2D eigenvalue weighted by Gasteiger charge is 2.91. The highest BCUT2D eigenvalue weighted by molar-refractivity contribution is 5.39. The van der Waals surface area contributed by atoms with Crippen LogP contribution in [0.2, 0.25) is 0 Å². The molecule has 6 aliphatic heterocycles. The Hall–Kier alpha value is -1.00. The zero-order valence-electron chi connectivity index (χ0n) is 46.7. The largest absolute Gasteiger partial charge is 0.412 e. The van der Waals surface area contributed by atoms with Crippen molar-refractivity contribution < 1.29 is 119 Å². The zero-order chi connectivity index (χ0) is 51.8. The Labute approximate surface area is 460 Å². The van der Waals surface area contributed by atoms with Crippen molar-refractivity contribution in [3.8, 4) is 0 Å².